The van der Waals surface area contributed by atoms with Crippen molar-refractivity contribution in [3.63, 3.8) is 0 Å². The molecule has 0 radical (unpaired) electrons. The molecule has 6 nitrogen and oxygen atoms in total. The van der Waals surface area contributed by atoms with E-state index in [9.17, 15) is 9.59 Å². The van der Waals surface area contributed by atoms with Gasteiger partial charge in [0.2, 0.25) is 11.8 Å². The van der Waals surface area contributed by atoms with Crippen molar-refractivity contribution in [3.8, 4) is 0 Å². The van der Waals surface area contributed by atoms with Gasteiger partial charge in [-0.15, -0.1) is 0 Å². The van der Waals surface area contributed by atoms with Crippen molar-refractivity contribution in [1.82, 2.24) is 15.1 Å². The molecule has 1 N–H and O–H groups in total. The molecule has 0 aromatic carbocycles. The monoisotopic (exact) mass is 339 g/mol. The maximum Gasteiger partial charge on any atom is 0.221 e. The van der Waals surface area contributed by atoms with Crippen molar-refractivity contribution in [2.24, 2.45) is 0 Å². The minimum Gasteiger partial charge on any atom is -0.379 e. The highest BCUT2D eigenvalue weighted by Crippen LogP contribution is 2.17. The van der Waals surface area contributed by atoms with Crippen LogP contribution in [0.25, 0.3) is 0 Å². The highest BCUT2D eigenvalue weighted by atomic mass is 16.5. The Bertz CT molecular complexity index is 389. The molecule has 0 aromatic heterocycles. The standard InChI is InChI=1S/C18H33N3O3/c1-16(22)21(11-10-20-12-14-24-15-13-20)9-8-18(23)19-17-6-4-2-3-5-7-17/h17H,2-15H2,1H3,(H,19,23). The maximum absolute atomic E-state index is 12.2. The van der Waals surface area contributed by atoms with E-state index >= 15 is 0 Å². The summed E-state index contributed by atoms with van der Waals surface area (Å²) >= 11 is 0. The van der Waals surface area contributed by atoms with Gasteiger partial charge in [0, 0.05) is 52.1 Å². The number of ether oxygens (including phenoxy) is 1. The van der Waals surface area contributed by atoms with Crippen molar-refractivity contribution < 1.29 is 14.3 Å². The third-order valence-corrected chi connectivity index (χ3v) is 5.06. The van der Waals surface area contributed by atoms with Gasteiger partial charge in [-0.05, 0) is 12.8 Å². The Balaban J connectivity index is 1.67. The highest BCUT2D eigenvalue weighted by Gasteiger charge is 2.17. The minimum absolute atomic E-state index is 0.0468. The first kappa shape index (κ1) is 19.2. The Hall–Kier alpha value is -1.14. The summed E-state index contributed by atoms with van der Waals surface area (Å²) in [4.78, 5) is 28.1. The average Bonchev–Trinajstić information content (AvgIpc) is 2.84. The van der Waals surface area contributed by atoms with Gasteiger partial charge < -0.3 is 15.0 Å². The summed E-state index contributed by atoms with van der Waals surface area (Å²) in [7, 11) is 0. The fourth-order valence-electron chi connectivity index (χ4n) is 3.47. The molecule has 0 unspecified atom stereocenters. The van der Waals surface area contributed by atoms with Gasteiger partial charge in [0.05, 0.1) is 13.2 Å². The van der Waals surface area contributed by atoms with E-state index in [4.69, 9.17) is 4.74 Å². The predicted octanol–water partition coefficient (Wildman–Crippen LogP) is 1.40. The predicted molar refractivity (Wildman–Crippen MR) is 93.8 cm³/mol. The Labute approximate surface area is 145 Å². The molecule has 138 valence electrons. The number of hydrogen-bond donors (Lipinski definition) is 1. The first-order chi connectivity index (χ1) is 11.6. The van der Waals surface area contributed by atoms with Crippen LogP contribution in [0.5, 0.6) is 0 Å². The van der Waals surface area contributed by atoms with Crippen molar-refractivity contribution >= 4 is 11.8 Å². The second-order valence-electron chi connectivity index (χ2n) is 6.97. The van der Waals surface area contributed by atoms with Crippen LogP contribution >= 0.6 is 0 Å². The summed E-state index contributed by atoms with van der Waals surface area (Å²) in [5.74, 6) is 0.130. The van der Waals surface area contributed by atoms with Gasteiger partial charge in [-0.3, -0.25) is 14.5 Å². The molecule has 6 heteroatoms. The fraction of sp³-hybridized carbons (Fsp3) is 0.889. The number of carbonyl (C=O) groups is 2. The molecule has 0 aromatic rings. The van der Waals surface area contributed by atoms with Gasteiger partial charge in [-0.2, -0.15) is 0 Å². The van der Waals surface area contributed by atoms with Crippen molar-refractivity contribution in [2.45, 2.75) is 57.9 Å². The van der Waals surface area contributed by atoms with Crippen LogP contribution in [0.3, 0.4) is 0 Å². The number of nitrogens with one attached hydrogen (secondary N) is 1. The maximum atomic E-state index is 12.2. The van der Waals surface area contributed by atoms with Crippen LogP contribution in [0.4, 0.5) is 0 Å². The lowest BCUT2D eigenvalue weighted by Gasteiger charge is -2.29. The molecule has 0 spiro atoms. The lowest BCUT2D eigenvalue weighted by Crippen LogP contribution is -2.44. The van der Waals surface area contributed by atoms with E-state index in [1.807, 2.05) is 0 Å². The largest absolute Gasteiger partial charge is 0.379 e. The Kier molecular flexibility index (Phi) is 8.53. The van der Waals surface area contributed by atoms with E-state index in [-0.39, 0.29) is 11.8 Å². The van der Waals surface area contributed by atoms with Crippen molar-refractivity contribution in [3.05, 3.63) is 0 Å². The molecule has 0 atom stereocenters. The van der Waals surface area contributed by atoms with Crippen LogP contribution < -0.4 is 5.32 Å². The molecule has 1 aliphatic heterocycles. The molecule has 1 aliphatic carbocycles. The SMILES string of the molecule is CC(=O)N(CCC(=O)NC1CCCCCC1)CCN1CCOCC1. The Morgan fingerprint density at radius 3 is 2.38 bits per heavy atom. The fourth-order valence-corrected chi connectivity index (χ4v) is 3.47. The van der Waals surface area contributed by atoms with E-state index < -0.39 is 0 Å². The summed E-state index contributed by atoms with van der Waals surface area (Å²) < 4.78 is 5.34. The number of rotatable bonds is 7. The second-order valence-corrected chi connectivity index (χ2v) is 6.97. The minimum atomic E-state index is 0.0468. The third-order valence-electron chi connectivity index (χ3n) is 5.06. The van der Waals surface area contributed by atoms with E-state index in [2.05, 4.69) is 10.2 Å². The molecule has 24 heavy (non-hydrogen) atoms. The zero-order valence-corrected chi connectivity index (χ0v) is 15.1. The first-order valence-electron chi connectivity index (χ1n) is 9.50. The molecule has 2 fully saturated rings. The quantitative estimate of drug-likeness (QED) is 0.712. The van der Waals surface area contributed by atoms with Crippen LogP contribution in [-0.2, 0) is 14.3 Å². The molecular weight excluding hydrogens is 306 g/mol. The molecule has 2 amide bonds. The zero-order chi connectivity index (χ0) is 17.2. The van der Waals surface area contributed by atoms with Crippen molar-refractivity contribution in [2.75, 3.05) is 45.9 Å². The van der Waals surface area contributed by atoms with Crippen LogP contribution in [0, 0.1) is 0 Å². The van der Waals surface area contributed by atoms with Gasteiger partial charge in [0.15, 0.2) is 0 Å². The lowest BCUT2D eigenvalue weighted by atomic mass is 10.1. The molecule has 1 heterocycles. The van der Waals surface area contributed by atoms with Gasteiger partial charge in [0.25, 0.3) is 0 Å². The van der Waals surface area contributed by atoms with E-state index in [1.165, 1.54) is 25.7 Å². The summed E-state index contributed by atoms with van der Waals surface area (Å²) in [6.07, 6.45) is 7.59. The molecule has 1 saturated carbocycles. The van der Waals surface area contributed by atoms with Gasteiger partial charge in [-0.25, -0.2) is 0 Å². The lowest BCUT2D eigenvalue weighted by molar-refractivity contribution is -0.130. The third kappa shape index (κ3) is 7.18. The molecule has 0 bridgehead atoms. The topological polar surface area (TPSA) is 61.9 Å². The van der Waals surface area contributed by atoms with E-state index in [0.29, 0.717) is 25.6 Å². The molecule has 1 saturated heterocycles. The molecular formula is C18H33N3O3. The molecule has 2 aliphatic rings. The summed E-state index contributed by atoms with van der Waals surface area (Å²) in [6.45, 7) is 7.02. The number of nitrogens with zero attached hydrogens (tertiary/aromatic N) is 2. The smallest absolute Gasteiger partial charge is 0.221 e. The molecule has 2 rings (SSSR count). The normalized spacial score (nSPS) is 20.4. The van der Waals surface area contributed by atoms with E-state index in [1.54, 1.807) is 11.8 Å². The Morgan fingerprint density at radius 2 is 1.75 bits per heavy atom. The van der Waals surface area contributed by atoms with Crippen molar-refractivity contribution in [1.29, 1.82) is 0 Å². The highest BCUT2D eigenvalue weighted by molar-refractivity contribution is 5.78. The van der Waals surface area contributed by atoms with Crippen LogP contribution in [0.2, 0.25) is 0 Å². The van der Waals surface area contributed by atoms with Crippen LogP contribution in [0.1, 0.15) is 51.9 Å². The van der Waals surface area contributed by atoms with E-state index in [0.717, 1.165) is 45.7 Å². The summed E-state index contributed by atoms with van der Waals surface area (Å²) in [6, 6.07) is 0.333. The summed E-state index contributed by atoms with van der Waals surface area (Å²) in [5.41, 5.74) is 0. The zero-order valence-electron chi connectivity index (χ0n) is 15.1. The Morgan fingerprint density at radius 1 is 1.08 bits per heavy atom. The van der Waals surface area contributed by atoms with Gasteiger partial charge in [-0.1, -0.05) is 25.7 Å². The average molecular weight is 339 g/mol. The first-order valence-corrected chi connectivity index (χ1v) is 9.50. The van der Waals surface area contributed by atoms with Crippen LogP contribution in [-0.4, -0.2) is 73.6 Å². The summed E-state index contributed by atoms with van der Waals surface area (Å²) in [5, 5.41) is 3.15. The van der Waals surface area contributed by atoms with Gasteiger partial charge >= 0.3 is 0 Å². The number of carbonyl (C=O) groups excluding carboxylic acids is 2. The second kappa shape index (κ2) is 10.7. The number of morpholine rings is 1. The number of hydrogen-bond acceptors (Lipinski definition) is 4. The number of amides is 2. The van der Waals surface area contributed by atoms with Crippen LogP contribution in [0.15, 0.2) is 0 Å². The van der Waals surface area contributed by atoms with Gasteiger partial charge in [0.1, 0.15) is 0 Å².